The lowest BCUT2D eigenvalue weighted by Gasteiger charge is -2.16. The number of carboxylic acids is 1. The van der Waals surface area contributed by atoms with E-state index in [1.54, 1.807) is 7.05 Å². The second-order valence-corrected chi connectivity index (χ2v) is 3.18. The predicted octanol–water partition coefficient (Wildman–Crippen LogP) is 2.46. The molecule has 0 aromatic heterocycles. The van der Waals surface area contributed by atoms with Crippen molar-refractivity contribution in [1.29, 1.82) is 0 Å². The van der Waals surface area contributed by atoms with Crippen LogP contribution in [0, 0.1) is 0 Å². The molecule has 0 bridgehead atoms. The van der Waals surface area contributed by atoms with Crippen LogP contribution in [0.4, 0.5) is 18.9 Å². The molecule has 3 nitrogen and oxygen atoms in total. The number of carboxylic acid groups (broad SMARTS) is 1. The third-order valence-corrected chi connectivity index (χ3v) is 2.11. The molecule has 1 aromatic carbocycles. The molecule has 6 heteroatoms. The maximum absolute atomic E-state index is 12.4. The maximum Gasteiger partial charge on any atom is 0.406 e. The summed E-state index contributed by atoms with van der Waals surface area (Å²) < 4.78 is 37.3. The monoisotopic (exact) mass is 233 g/mol. The summed E-state index contributed by atoms with van der Waals surface area (Å²) >= 11 is 0. The van der Waals surface area contributed by atoms with Crippen LogP contribution in [0.15, 0.2) is 24.3 Å². The van der Waals surface area contributed by atoms with Crippen LogP contribution in [0.2, 0.25) is 0 Å². The molecule has 0 aliphatic rings. The fourth-order valence-electron chi connectivity index (χ4n) is 1.31. The molecule has 88 valence electrons. The highest BCUT2D eigenvalue weighted by molar-refractivity contribution is 5.77. The van der Waals surface area contributed by atoms with Crippen molar-refractivity contribution in [2.75, 3.05) is 12.4 Å². The molecule has 16 heavy (non-hydrogen) atoms. The van der Waals surface area contributed by atoms with Crippen molar-refractivity contribution in [3.63, 3.8) is 0 Å². The van der Waals surface area contributed by atoms with Crippen molar-refractivity contribution >= 4 is 11.7 Å². The minimum atomic E-state index is -4.78. The van der Waals surface area contributed by atoms with Gasteiger partial charge in [0.05, 0.1) is 0 Å². The third-order valence-electron chi connectivity index (χ3n) is 2.11. The molecule has 0 saturated heterocycles. The summed E-state index contributed by atoms with van der Waals surface area (Å²) in [5.74, 6) is -4.37. The van der Waals surface area contributed by atoms with Gasteiger partial charge in [0, 0.05) is 12.7 Å². The van der Waals surface area contributed by atoms with Gasteiger partial charge in [-0.25, -0.2) is 0 Å². The van der Waals surface area contributed by atoms with E-state index in [2.05, 4.69) is 5.32 Å². The van der Waals surface area contributed by atoms with E-state index >= 15 is 0 Å². The molecule has 0 aliphatic carbocycles. The Morgan fingerprint density at radius 2 is 1.81 bits per heavy atom. The van der Waals surface area contributed by atoms with Gasteiger partial charge in [0.2, 0.25) is 0 Å². The minimum absolute atomic E-state index is 0.279. The number of hydrogen-bond acceptors (Lipinski definition) is 2. The third kappa shape index (κ3) is 2.65. The molecular weight excluding hydrogens is 223 g/mol. The molecule has 1 atom stereocenters. The number of aliphatic carboxylic acids is 1. The minimum Gasteiger partial charge on any atom is -0.481 e. The number of carbonyl (C=O) groups is 1. The Morgan fingerprint density at radius 1 is 1.31 bits per heavy atom. The normalized spacial score (nSPS) is 13.2. The van der Waals surface area contributed by atoms with E-state index < -0.39 is 18.1 Å². The van der Waals surface area contributed by atoms with E-state index in [0.29, 0.717) is 5.69 Å². The van der Waals surface area contributed by atoms with Crippen LogP contribution in [0.1, 0.15) is 11.5 Å². The molecule has 0 aliphatic heterocycles. The number of rotatable bonds is 3. The van der Waals surface area contributed by atoms with Gasteiger partial charge >= 0.3 is 12.1 Å². The van der Waals surface area contributed by atoms with Crippen molar-refractivity contribution in [1.82, 2.24) is 0 Å². The molecular formula is C10H10F3NO2. The summed E-state index contributed by atoms with van der Waals surface area (Å²) in [7, 11) is 1.62. The fourth-order valence-corrected chi connectivity index (χ4v) is 1.31. The number of hydrogen-bond donors (Lipinski definition) is 2. The summed E-state index contributed by atoms with van der Waals surface area (Å²) in [5, 5.41) is 11.3. The van der Waals surface area contributed by atoms with Crippen LogP contribution in [0.5, 0.6) is 0 Å². The van der Waals surface area contributed by atoms with Gasteiger partial charge in [0.25, 0.3) is 0 Å². The van der Waals surface area contributed by atoms with Gasteiger partial charge in [0.1, 0.15) is 0 Å². The molecule has 1 rings (SSSR count). The summed E-state index contributed by atoms with van der Waals surface area (Å²) in [5.41, 5.74) is 0.342. The quantitative estimate of drug-likeness (QED) is 0.843. The lowest BCUT2D eigenvalue weighted by molar-refractivity contribution is -0.176. The Morgan fingerprint density at radius 3 is 2.12 bits per heavy atom. The lowest BCUT2D eigenvalue weighted by Crippen LogP contribution is -2.28. The van der Waals surface area contributed by atoms with Gasteiger partial charge in [-0.15, -0.1) is 0 Å². The van der Waals surface area contributed by atoms with Gasteiger partial charge < -0.3 is 10.4 Å². The van der Waals surface area contributed by atoms with E-state index in [-0.39, 0.29) is 5.56 Å². The average molecular weight is 233 g/mol. The van der Waals surface area contributed by atoms with Crippen molar-refractivity contribution in [3.05, 3.63) is 29.8 Å². The largest absolute Gasteiger partial charge is 0.481 e. The van der Waals surface area contributed by atoms with Crippen LogP contribution in [0.25, 0.3) is 0 Å². The molecule has 0 fully saturated rings. The van der Waals surface area contributed by atoms with E-state index in [1.807, 2.05) is 0 Å². The van der Waals surface area contributed by atoms with Gasteiger partial charge in [-0.1, -0.05) is 12.1 Å². The Balaban J connectivity index is 3.07. The summed E-state index contributed by atoms with van der Waals surface area (Å²) in [6, 6.07) is 5.10. The van der Waals surface area contributed by atoms with Crippen LogP contribution in [0.3, 0.4) is 0 Å². The Hall–Kier alpha value is -1.72. The van der Waals surface area contributed by atoms with Crippen molar-refractivity contribution in [2.45, 2.75) is 12.1 Å². The first-order valence-corrected chi connectivity index (χ1v) is 4.43. The molecule has 1 aromatic rings. The van der Waals surface area contributed by atoms with Gasteiger partial charge in [-0.3, -0.25) is 4.79 Å². The fraction of sp³-hybridized carbons (Fsp3) is 0.300. The first-order chi connectivity index (χ1) is 7.36. The summed E-state index contributed by atoms with van der Waals surface area (Å²) in [4.78, 5) is 10.6. The van der Waals surface area contributed by atoms with E-state index in [1.165, 1.54) is 12.1 Å². The second kappa shape index (κ2) is 4.42. The molecule has 0 radical (unpaired) electrons. The zero-order valence-corrected chi connectivity index (χ0v) is 8.38. The first kappa shape index (κ1) is 12.4. The van der Waals surface area contributed by atoms with E-state index in [4.69, 9.17) is 5.11 Å². The van der Waals surface area contributed by atoms with Crippen LogP contribution >= 0.6 is 0 Å². The molecule has 1 unspecified atom stereocenters. The van der Waals surface area contributed by atoms with Crippen molar-refractivity contribution < 1.29 is 23.1 Å². The van der Waals surface area contributed by atoms with Gasteiger partial charge in [0.15, 0.2) is 5.92 Å². The Bertz CT molecular complexity index is 373. The standard InChI is InChI=1S/C10H10F3NO2/c1-14-7-4-2-6(3-5-7)8(9(15)16)10(11,12)13/h2-5,8,14H,1H3,(H,15,16). The topological polar surface area (TPSA) is 49.3 Å². The zero-order valence-electron chi connectivity index (χ0n) is 8.38. The number of benzene rings is 1. The highest BCUT2D eigenvalue weighted by atomic mass is 19.4. The molecule has 0 amide bonds. The highest BCUT2D eigenvalue weighted by Gasteiger charge is 2.46. The molecule has 0 saturated carbocycles. The zero-order chi connectivity index (χ0) is 12.3. The lowest BCUT2D eigenvalue weighted by atomic mass is 9.98. The maximum atomic E-state index is 12.4. The first-order valence-electron chi connectivity index (χ1n) is 4.43. The van der Waals surface area contributed by atoms with Crippen LogP contribution in [-0.4, -0.2) is 24.3 Å². The SMILES string of the molecule is CNc1ccc(C(C(=O)O)C(F)(F)F)cc1. The smallest absolute Gasteiger partial charge is 0.406 e. The van der Waals surface area contributed by atoms with E-state index in [9.17, 15) is 18.0 Å². The van der Waals surface area contributed by atoms with Crippen molar-refractivity contribution in [3.8, 4) is 0 Å². The number of anilines is 1. The number of halogens is 3. The van der Waals surface area contributed by atoms with Crippen molar-refractivity contribution in [2.24, 2.45) is 0 Å². The Labute approximate surface area is 89.9 Å². The van der Waals surface area contributed by atoms with E-state index in [0.717, 1.165) is 12.1 Å². The van der Waals surface area contributed by atoms with Crippen LogP contribution in [-0.2, 0) is 4.79 Å². The Kier molecular flexibility index (Phi) is 3.41. The average Bonchev–Trinajstić information content (AvgIpc) is 2.16. The molecule has 0 spiro atoms. The summed E-state index contributed by atoms with van der Waals surface area (Å²) in [6.45, 7) is 0. The molecule has 0 heterocycles. The highest BCUT2D eigenvalue weighted by Crippen LogP contribution is 2.35. The summed E-state index contributed by atoms with van der Waals surface area (Å²) in [6.07, 6.45) is -4.78. The second-order valence-electron chi connectivity index (χ2n) is 3.18. The number of nitrogens with one attached hydrogen (secondary N) is 1. The van der Waals surface area contributed by atoms with Gasteiger partial charge in [-0.2, -0.15) is 13.2 Å². The molecule has 2 N–H and O–H groups in total. The predicted molar refractivity (Wildman–Crippen MR) is 52.4 cm³/mol. The van der Waals surface area contributed by atoms with Crippen LogP contribution < -0.4 is 5.32 Å². The number of alkyl halides is 3. The van der Waals surface area contributed by atoms with Gasteiger partial charge in [-0.05, 0) is 17.7 Å².